The number of anilines is 2. The molecule has 28 heavy (non-hydrogen) atoms. The van der Waals surface area contributed by atoms with Crippen molar-refractivity contribution in [2.45, 2.75) is 6.92 Å². The van der Waals surface area contributed by atoms with Gasteiger partial charge in [0.15, 0.2) is 0 Å². The average molecular weight is 384 g/mol. The Morgan fingerprint density at radius 3 is 2.57 bits per heavy atom. The molecule has 0 aliphatic carbocycles. The molecule has 9 nitrogen and oxygen atoms in total. The summed E-state index contributed by atoms with van der Waals surface area (Å²) in [5, 5.41) is 2.67. The van der Waals surface area contributed by atoms with Gasteiger partial charge in [0.25, 0.3) is 0 Å². The molecule has 2 aromatic rings. The fraction of sp³-hybridized carbons (Fsp3) is 0.211. The number of nitrogens with one attached hydrogen (secondary N) is 1. The van der Waals surface area contributed by atoms with Crippen molar-refractivity contribution in [3.8, 4) is 5.75 Å². The van der Waals surface area contributed by atoms with Crippen LogP contribution in [0.15, 0.2) is 53.5 Å². The molecule has 0 aromatic heterocycles. The van der Waals surface area contributed by atoms with Crippen LogP contribution in [-0.2, 0) is 19.3 Å². The Balaban J connectivity index is 1.73. The maximum Gasteiger partial charge on any atom is 0.443 e. The van der Waals surface area contributed by atoms with E-state index in [1.54, 1.807) is 31.4 Å². The van der Waals surface area contributed by atoms with Gasteiger partial charge in [0.05, 0.1) is 31.6 Å². The van der Waals surface area contributed by atoms with Crippen LogP contribution in [0.5, 0.6) is 5.75 Å². The van der Waals surface area contributed by atoms with Crippen LogP contribution in [-0.4, -0.2) is 43.5 Å². The van der Waals surface area contributed by atoms with Crippen molar-refractivity contribution in [3.63, 3.8) is 0 Å². The highest BCUT2D eigenvalue weighted by Gasteiger charge is 2.24. The van der Waals surface area contributed by atoms with Gasteiger partial charge in [0, 0.05) is 6.07 Å². The Morgan fingerprint density at radius 1 is 1.11 bits per heavy atom. The summed E-state index contributed by atoms with van der Waals surface area (Å²) in [4.78, 5) is 37.5. The SMILES string of the molecule is COc1cccc(N(NOC(=O)C(=O)ON2C=NCC2)c2ccc(C)cc2)c1. The van der Waals surface area contributed by atoms with Crippen molar-refractivity contribution < 1.29 is 24.0 Å². The molecule has 0 amide bonds. The number of hydrogen-bond acceptors (Lipinski definition) is 9. The lowest BCUT2D eigenvalue weighted by Gasteiger charge is -2.24. The van der Waals surface area contributed by atoms with E-state index in [4.69, 9.17) is 14.4 Å². The van der Waals surface area contributed by atoms with Crippen molar-refractivity contribution in [3.05, 3.63) is 54.1 Å². The van der Waals surface area contributed by atoms with Gasteiger partial charge in [-0.15, -0.1) is 0 Å². The summed E-state index contributed by atoms with van der Waals surface area (Å²) < 4.78 is 5.24. The second kappa shape index (κ2) is 8.87. The van der Waals surface area contributed by atoms with Gasteiger partial charge in [0.1, 0.15) is 12.1 Å². The zero-order valence-electron chi connectivity index (χ0n) is 15.5. The number of rotatable bonds is 6. The number of aliphatic imine (C=N–C) groups is 1. The minimum Gasteiger partial charge on any atom is -0.497 e. The lowest BCUT2D eigenvalue weighted by Crippen LogP contribution is -2.39. The van der Waals surface area contributed by atoms with Gasteiger partial charge in [-0.25, -0.2) is 14.6 Å². The van der Waals surface area contributed by atoms with Crippen LogP contribution in [0, 0.1) is 6.92 Å². The molecule has 0 fully saturated rings. The van der Waals surface area contributed by atoms with Crippen molar-refractivity contribution in [1.29, 1.82) is 0 Å². The molecule has 0 unspecified atom stereocenters. The van der Waals surface area contributed by atoms with E-state index in [-0.39, 0.29) is 0 Å². The summed E-state index contributed by atoms with van der Waals surface area (Å²) in [6.07, 6.45) is 1.34. The molecule has 0 saturated heterocycles. The van der Waals surface area contributed by atoms with Gasteiger partial charge in [-0.2, -0.15) is 5.06 Å². The molecule has 1 heterocycles. The third-order valence-electron chi connectivity index (χ3n) is 3.86. The minimum absolute atomic E-state index is 0.395. The Kier molecular flexibility index (Phi) is 6.07. The molecular formula is C19H20N4O5. The second-order valence-corrected chi connectivity index (χ2v) is 5.89. The molecule has 2 aromatic carbocycles. The molecule has 1 aliphatic rings. The third-order valence-corrected chi connectivity index (χ3v) is 3.86. The smallest absolute Gasteiger partial charge is 0.443 e. The molecule has 0 bridgehead atoms. The normalized spacial score (nSPS) is 12.6. The number of hydrazine groups is 1. The van der Waals surface area contributed by atoms with Gasteiger partial charge >= 0.3 is 11.9 Å². The standard InChI is InChI=1S/C19H20N4O5/c1-14-6-8-15(9-7-14)23(16-4-3-5-17(12-16)26-2)21-27-18(24)19(25)28-22-11-10-20-13-22/h3-9,12-13,21H,10-11H2,1-2H3. The maximum atomic E-state index is 12.0. The zero-order chi connectivity index (χ0) is 19.9. The summed E-state index contributed by atoms with van der Waals surface area (Å²) in [5.41, 5.74) is 4.90. The first-order valence-corrected chi connectivity index (χ1v) is 8.53. The van der Waals surface area contributed by atoms with E-state index < -0.39 is 11.9 Å². The summed E-state index contributed by atoms with van der Waals surface area (Å²) in [7, 11) is 1.56. The predicted molar refractivity (Wildman–Crippen MR) is 102 cm³/mol. The Hall–Kier alpha value is -3.59. The van der Waals surface area contributed by atoms with Crippen molar-refractivity contribution in [2.24, 2.45) is 4.99 Å². The largest absolute Gasteiger partial charge is 0.497 e. The predicted octanol–water partition coefficient (Wildman–Crippen LogP) is 1.91. The molecule has 0 atom stereocenters. The zero-order valence-corrected chi connectivity index (χ0v) is 15.5. The van der Waals surface area contributed by atoms with E-state index in [0.29, 0.717) is 30.2 Å². The second-order valence-electron chi connectivity index (χ2n) is 5.89. The number of benzene rings is 2. The molecular weight excluding hydrogens is 364 g/mol. The molecule has 9 heteroatoms. The Morgan fingerprint density at radius 2 is 1.89 bits per heavy atom. The first-order chi connectivity index (χ1) is 13.6. The lowest BCUT2D eigenvalue weighted by molar-refractivity contribution is -0.188. The molecule has 1 N–H and O–H groups in total. The topological polar surface area (TPSA) is 92.7 Å². The number of methoxy groups -OCH3 is 1. The van der Waals surface area contributed by atoms with E-state index in [0.717, 1.165) is 5.56 Å². The fourth-order valence-electron chi connectivity index (χ4n) is 2.40. The van der Waals surface area contributed by atoms with Crippen LogP contribution in [0.1, 0.15) is 5.56 Å². The number of hydroxylamine groups is 2. The van der Waals surface area contributed by atoms with Crippen molar-refractivity contribution in [2.75, 3.05) is 25.2 Å². The van der Waals surface area contributed by atoms with Gasteiger partial charge in [-0.3, -0.25) is 4.99 Å². The first-order valence-electron chi connectivity index (χ1n) is 8.53. The number of carbonyl (C=O) groups is 2. The van der Waals surface area contributed by atoms with Crippen molar-refractivity contribution >= 4 is 29.7 Å². The maximum absolute atomic E-state index is 12.0. The van der Waals surface area contributed by atoms with Crippen LogP contribution in [0.25, 0.3) is 0 Å². The van der Waals surface area contributed by atoms with Gasteiger partial charge in [0.2, 0.25) is 0 Å². The molecule has 0 radical (unpaired) electrons. The highest BCUT2D eigenvalue weighted by molar-refractivity contribution is 6.29. The van der Waals surface area contributed by atoms with Crippen LogP contribution < -0.4 is 15.3 Å². The number of hydrogen-bond donors (Lipinski definition) is 1. The molecule has 3 rings (SSSR count). The van der Waals surface area contributed by atoms with Gasteiger partial charge < -0.3 is 14.4 Å². The van der Waals surface area contributed by atoms with E-state index in [9.17, 15) is 9.59 Å². The molecule has 1 aliphatic heterocycles. The quantitative estimate of drug-likeness (QED) is 0.596. The number of ether oxygens (including phenoxy) is 1. The summed E-state index contributed by atoms with van der Waals surface area (Å²) in [6, 6.07) is 14.6. The Bertz CT molecular complexity index is 869. The number of carbonyl (C=O) groups excluding carboxylic acids is 2. The average Bonchev–Trinajstić information content (AvgIpc) is 3.22. The van der Waals surface area contributed by atoms with Crippen LogP contribution in [0.4, 0.5) is 11.4 Å². The highest BCUT2D eigenvalue weighted by Crippen LogP contribution is 2.26. The molecule has 0 spiro atoms. The van der Waals surface area contributed by atoms with E-state index in [1.165, 1.54) is 16.4 Å². The first kappa shape index (κ1) is 19.2. The fourth-order valence-corrected chi connectivity index (χ4v) is 2.40. The lowest BCUT2D eigenvalue weighted by atomic mass is 10.2. The third kappa shape index (κ3) is 4.77. The molecule has 0 saturated carbocycles. The monoisotopic (exact) mass is 384 g/mol. The number of nitrogens with zero attached hydrogens (tertiary/aromatic N) is 3. The van der Waals surface area contributed by atoms with Gasteiger partial charge in [-0.05, 0) is 31.2 Å². The number of aryl methyl sites for hydroxylation is 1. The van der Waals surface area contributed by atoms with Crippen LogP contribution >= 0.6 is 0 Å². The van der Waals surface area contributed by atoms with Crippen LogP contribution in [0.3, 0.4) is 0 Å². The van der Waals surface area contributed by atoms with Gasteiger partial charge in [-0.1, -0.05) is 29.4 Å². The highest BCUT2D eigenvalue weighted by atomic mass is 16.8. The molecule has 146 valence electrons. The summed E-state index contributed by atoms with van der Waals surface area (Å²) in [5.74, 6) is -1.73. The van der Waals surface area contributed by atoms with E-state index >= 15 is 0 Å². The Labute approximate surface area is 162 Å². The van der Waals surface area contributed by atoms with E-state index in [1.807, 2.05) is 31.2 Å². The summed E-state index contributed by atoms with van der Waals surface area (Å²) >= 11 is 0. The minimum atomic E-state index is -1.19. The van der Waals surface area contributed by atoms with E-state index in [2.05, 4.69) is 10.6 Å². The van der Waals surface area contributed by atoms with Crippen molar-refractivity contribution in [1.82, 2.24) is 10.7 Å². The summed E-state index contributed by atoms with van der Waals surface area (Å²) in [6.45, 7) is 2.86. The van der Waals surface area contributed by atoms with Crippen LogP contribution in [0.2, 0.25) is 0 Å².